The van der Waals surface area contributed by atoms with E-state index in [4.69, 9.17) is 0 Å². The van der Waals surface area contributed by atoms with Crippen LogP contribution in [0.4, 0.5) is 0 Å². The van der Waals surface area contributed by atoms with Crippen molar-refractivity contribution in [3.8, 4) is 6.07 Å². The Kier molecular flexibility index (Phi) is 3.86. The Labute approximate surface area is 99.4 Å². The van der Waals surface area contributed by atoms with Gasteiger partial charge >= 0.3 is 0 Å². The molecule has 0 aromatic rings. The largest absolute Gasteiger partial charge is 0.299 e. The van der Waals surface area contributed by atoms with Gasteiger partial charge in [0.2, 0.25) is 0 Å². The van der Waals surface area contributed by atoms with E-state index < -0.39 is 0 Å². The van der Waals surface area contributed by atoms with Crippen molar-refractivity contribution in [3.05, 3.63) is 0 Å². The van der Waals surface area contributed by atoms with E-state index in [0.717, 1.165) is 31.2 Å². The van der Waals surface area contributed by atoms with Crippen LogP contribution in [-0.4, -0.2) is 12.1 Å². The minimum absolute atomic E-state index is 0.174. The third kappa shape index (κ3) is 2.98. The minimum Gasteiger partial charge on any atom is -0.299 e. The van der Waals surface area contributed by atoms with E-state index in [-0.39, 0.29) is 5.54 Å². The molecule has 0 radical (unpaired) electrons. The van der Waals surface area contributed by atoms with Crippen molar-refractivity contribution in [2.45, 2.75) is 63.8 Å². The molecule has 0 atom stereocenters. The summed E-state index contributed by atoms with van der Waals surface area (Å²) in [7, 11) is 0. The van der Waals surface area contributed by atoms with Gasteiger partial charge in [0, 0.05) is 0 Å². The van der Waals surface area contributed by atoms with Crippen LogP contribution in [0.1, 0.15) is 58.3 Å². The van der Waals surface area contributed by atoms with E-state index in [2.05, 4.69) is 18.3 Å². The first-order valence-corrected chi connectivity index (χ1v) is 6.94. The first kappa shape index (κ1) is 11.9. The molecule has 0 saturated heterocycles. The highest BCUT2D eigenvalue weighted by Gasteiger charge is 2.36. The SMILES string of the molecule is CCCC1CCC(C#N)(NCC2CC2)CC1. The van der Waals surface area contributed by atoms with Crippen molar-refractivity contribution >= 4 is 0 Å². The molecule has 0 bridgehead atoms. The third-order valence-electron chi connectivity index (χ3n) is 4.30. The molecule has 0 amide bonds. The zero-order chi connectivity index (χ0) is 11.4. The van der Waals surface area contributed by atoms with Crippen LogP contribution in [0.5, 0.6) is 0 Å². The summed E-state index contributed by atoms with van der Waals surface area (Å²) in [6.45, 7) is 3.34. The fourth-order valence-electron chi connectivity index (χ4n) is 2.86. The molecule has 2 fully saturated rings. The molecule has 2 saturated carbocycles. The van der Waals surface area contributed by atoms with E-state index in [0.29, 0.717) is 0 Å². The van der Waals surface area contributed by atoms with Gasteiger partial charge in [0.25, 0.3) is 0 Å². The molecule has 0 aliphatic heterocycles. The fourth-order valence-corrected chi connectivity index (χ4v) is 2.86. The quantitative estimate of drug-likeness (QED) is 0.772. The third-order valence-corrected chi connectivity index (χ3v) is 4.30. The number of rotatable bonds is 5. The van der Waals surface area contributed by atoms with Crippen LogP contribution in [0.15, 0.2) is 0 Å². The average Bonchev–Trinajstić information content (AvgIpc) is 3.13. The van der Waals surface area contributed by atoms with Gasteiger partial charge in [0.05, 0.1) is 6.07 Å². The smallest absolute Gasteiger partial charge is 0.106 e. The lowest BCUT2D eigenvalue weighted by Crippen LogP contribution is -2.47. The lowest BCUT2D eigenvalue weighted by molar-refractivity contribution is 0.227. The Bertz CT molecular complexity index is 254. The Hall–Kier alpha value is -0.550. The van der Waals surface area contributed by atoms with Crippen LogP contribution in [0.25, 0.3) is 0 Å². The molecule has 2 aliphatic carbocycles. The summed E-state index contributed by atoms with van der Waals surface area (Å²) in [5.74, 6) is 1.76. The van der Waals surface area contributed by atoms with Gasteiger partial charge in [-0.15, -0.1) is 0 Å². The maximum atomic E-state index is 9.38. The minimum atomic E-state index is -0.174. The van der Waals surface area contributed by atoms with Gasteiger partial charge in [-0.25, -0.2) is 0 Å². The monoisotopic (exact) mass is 220 g/mol. The van der Waals surface area contributed by atoms with Crippen LogP contribution >= 0.6 is 0 Å². The summed E-state index contributed by atoms with van der Waals surface area (Å²) in [5.41, 5.74) is -0.174. The molecule has 0 spiro atoms. The molecule has 2 aliphatic rings. The number of nitrogens with one attached hydrogen (secondary N) is 1. The van der Waals surface area contributed by atoms with Crippen LogP contribution in [0.2, 0.25) is 0 Å². The van der Waals surface area contributed by atoms with Crippen molar-refractivity contribution in [2.75, 3.05) is 6.54 Å². The molecule has 1 N–H and O–H groups in total. The van der Waals surface area contributed by atoms with Crippen molar-refractivity contribution in [1.82, 2.24) is 5.32 Å². The molecule has 90 valence electrons. The zero-order valence-electron chi connectivity index (χ0n) is 10.5. The normalized spacial score (nSPS) is 34.6. The first-order chi connectivity index (χ1) is 7.78. The number of nitriles is 1. The van der Waals surface area contributed by atoms with Crippen LogP contribution in [0.3, 0.4) is 0 Å². The van der Waals surface area contributed by atoms with Crippen LogP contribution in [-0.2, 0) is 0 Å². The molecular formula is C14H24N2. The predicted octanol–water partition coefficient (Wildman–Crippen LogP) is 3.24. The molecule has 0 heterocycles. The Morgan fingerprint density at radius 2 is 1.88 bits per heavy atom. The van der Waals surface area contributed by atoms with Gasteiger partial charge in [0.1, 0.15) is 5.54 Å². The highest BCUT2D eigenvalue weighted by molar-refractivity contribution is 5.09. The van der Waals surface area contributed by atoms with E-state index in [1.807, 2.05) is 0 Å². The molecule has 2 nitrogen and oxygen atoms in total. The van der Waals surface area contributed by atoms with Gasteiger partial charge in [-0.3, -0.25) is 5.32 Å². The first-order valence-electron chi connectivity index (χ1n) is 6.94. The second-order valence-electron chi connectivity index (χ2n) is 5.75. The Morgan fingerprint density at radius 3 is 2.38 bits per heavy atom. The van der Waals surface area contributed by atoms with Crippen molar-refractivity contribution in [1.29, 1.82) is 5.26 Å². The van der Waals surface area contributed by atoms with E-state index in [1.165, 1.54) is 38.5 Å². The summed E-state index contributed by atoms with van der Waals surface area (Å²) in [6, 6.07) is 2.55. The van der Waals surface area contributed by atoms with Gasteiger partial charge in [-0.05, 0) is 56.9 Å². The highest BCUT2D eigenvalue weighted by Crippen LogP contribution is 2.35. The molecule has 2 rings (SSSR count). The molecule has 16 heavy (non-hydrogen) atoms. The molecule has 0 unspecified atom stereocenters. The van der Waals surface area contributed by atoms with E-state index in [1.54, 1.807) is 0 Å². The molecular weight excluding hydrogens is 196 g/mol. The van der Waals surface area contributed by atoms with Gasteiger partial charge in [-0.2, -0.15) is 5.26 Å². The second-order valence-corrected chi connectivity index (χ2v) is 5.75. The van der Waals surface area contributed by atoms with Crippen molar-refractivity contribution < 1.29 is 0 Å². The maximum Gasteiger partial charge on any atom is 0.106 e. The van der Waals surface area contributed by atoms with Crippen LogP contribution in [0, 0.1) is 23.2 Å². The fraction of sp³-hybridized carbons (Fsp3) is 0.929. The standard InChI is InChI=1S/C14H24N2/c1-2-3-12-6-8-14(11-15,9-7-12)16-10-13-4-5-13/h12-13,16H,2-10H2,1H3. The van der Waals surface area contributed by atoms with Crippen molar-refractivity contribution in [3.63, 3.8) is 0 Å². The lowest BCUT2D eigenvalue weighted by Gasteiger charge is -2.35. The summed E-state index contributed by atoms with van der Waals surface area (Å²) in [5, 5.41) is 12.9. The summed E-state index contributed by atoms with van der Waals surface area (Å²) < 4.78 is 0. The van der Waals surface area contributed by atoms with E-state index in [9.17, 15) is 5.26 Å². The second kappa shape index (κ2) is 5.19. The Balaban J connectivity index is 1.79. The average molecular weight is 220 g/mol. The zero-order valence-corrected chi connectivity index (χ0v) is 10.5. The highest BCUT2D eigenvalue weighted by atomic mass is 15.0. The number of nitrogens with zero attached hydrogens (tertiary/aromatic N) is 1. The van der Waals surface area contributed by atoms with E-state index >= 15 is 0 Å². The van der Waals surface area contributed by atoms with Gasteiger partial charge in [-0.1, -0.05) is 19.8 Å². The molecule has 0 aromatic carbocycles. The molecule has 0 aromatic heterocycles. The van der Waals surface area contributed by atoms with Crippen LogP contribution < -0.4 is 5.32 Å². The summed E-state index contributed by atoms with van der Waals surface area (Å²) >= 11 is 0. The predicted molar refractivity (Wildman–Crippen MR) is 65.9 cm³/mol. The maximum absolute atomic E-state index is 9.38. The number of hydrogen-bond donors (Lipinski definition) is 1. The van der Waals surface area contributed by atoms with Crippen molar-refractivity contribution in [2.24, 2.45) is 11.8 Å². The lowest BCUT2D eigenvalue weighted by atomic mass is 9.76. The topological polar surface area (TPSA) is 35.8 Å². The molecule has 2 heteroatoms. The summed E-state index contributed by atoms with van der Waals surface area (Å²) in [6.07, 6.45) is 10.0. The summed E-state index contributed by atoms with van der Waals surface area (Å²) in [4.78, 5) is 0. The van der Waals surface area contributed by atoms with Gasteiger partial charge in [0.15, 0.2) is 0 Å². The number of hydrogen-bond acceptors (Lipinski definition) is 2. The van der Waals surface area contributed by atoms with Gasteiger partial charge < -0.3 is 0 Å². The Morgan fingerprint density at radius 1 is 1.19 bits per heavy atom.